The van der Waals surface area contributed by atoms with Crippen LogP contribution in [0.1, 0.15) is 36.6 Å². The average Bonchev–Trinajstić information content (AvgIpc) is 2.82. The van der Waals surface area contributed by atoms with Crippen LogP contribution in [-0.2, 0) is 12.8 Å². The lowest BCUT2D eigenvalue weighted by Crippen LogP contribution is -1.99. The number of aryl methyl sites for hydroxylation is 2. The molecule has 2 aromatic rings. The van der Waals surface area contributed by atoms with Gasteiger partial charge in [-0.05, 0) is 42.0 Å². The van der Waals surface area contributed by atoms with E-state index in [0.29, 0.717) is 17.9 Å². The summed E-state index contributed by atoms with van der Waals surface area (Å²) >= 11 is 6.31. The van der Waals surface area contributed by atoms with Gasteiger partial charge in [0.15, 0.2) is 0 Å². The lowest BCUT2D eigenvalue weighted by Gasteiger charge is -2.12. The van der Waals surface area contributed by atoms with Crippen LogP contribution in [0, 0.1) is 5.82 Å². The molecule has 0 spiro atoms. The Morgan fingerprint density at radius 1 is 1.33 bits per heavy atom. The van der Waals surface area contributed by atoms with E-state index in [-0.39, 0.29) is 11.7 Å². The average molecular weight is 268 g/mol. The third-order valence-electron chi connectivity index (χ3n) is 2.88. The van der Waals surface area contributed by atoms with E-state index in [1.165, 1.54) is 12.1 Å². The molecule has 0 atom stereocenters. The smallest absolute Gasteiger partial charge is 0.123 e. The Labute approximate surface area is 110 Å². The fourth-order valence-electron chi connectivity index (χ4n) is 1.88. The Hall–Kier alpha value is -1.42. The van der Waals surface area contributed by atoms with E-state index < -0.39 is 0 Å². The molecule has 0 aliphatic carbocycles. The van der Waals surface area contributed by atoms with Crippen molar-refractivity contribution in [3.63, 3.8) is 0 Å². The van der Waals surface area contributed by atoms with Gasteiger partial charge in [0.2, 0.25) is 0 Å². The normalized spacial score (nSPS) is 11.2. The molecule has 0 fully saturated rings. The van der Waals surface area contributed by atoms with Crippen molar-refractivity contribution in [2.45, 2.75) is 32.6 Å². The van der Waals surface area contributed by atoms with Crippen LogP contribution < -0.4 is 0 Å². The standard InChI is InChI=1S/C13H15ClFN3/c1-8(2)12-6-10(15)5-9(13(12)14)3-4-11-7-16-18-17-11/h5-8H,3-4H2,1-2H3,(H,16,17,18). The predicted octanol–water partition coefficient (Wildman–Crippen LogP) is 3.51. The Balaban J connectivity index is 2.22. The molecule has 2 rings (SSSR count). The van der Waals surface area contributed by atoms with Crippen LogP contribution in [0.5, 0.6) is 0 Å². The first-order valence-electron chi connectivity index (χ1n) is 5.90. The van der Waals surface area contributed by atoms with Crippen molar-refractivity contribution in [2.75, 3.05) is 0 Å². The number of benzene rings is 1. The number of hydrogen-bond acceptors (Lipinski definition) is 2. The molecule has 1 aromatic heterocycles. The summed E-state index contributed by atoms with van der Waals surface area (Å²) in [5.74, 6) is -0.0303. The highest BCUT2D eigenvalue weighted by Gasteiger charge is 2.12. The maximum atomic E-state index is 13.5. The van der Waals surface area contributed by atoms with Gasteiger partial charge in [-0.1, -0.05) is 25.4 Å². The van der Waals surface area contributed by atoms with Crippen molar-refractivity contribution in [3.8, 4) is 0 Å². The minimum Gasteiger partial charge on any atom is -0.207 e. The molecule has 1 aromatic carbocycles. The van der Waals surface area contributed by atoms with E-state index in [0.717, 1.165) is 16.8 Å². The molecule has 0 saturated carbocycles. The summed E-state index contributed by atoms with van der Waals surface area (Å²) in [6, 6.07) is 3.00. The maximum absolute atomic E-state index is 13.5. The summed E-state index contributed by atoms with van der Waals surface area (Å²) in [6.07, 6.45) is 3.01. The number of aromatic amines is 1. The number of nitrogens with one attached hydrogen (secondary N) is 1. The second kappa shape index (κ2) is 5.48. The minimum atomic E-state index is -0.238. The Morgan fingerprint density at radius 2 is 2.11 bits per heavy atom. The van der Waals surface area contributed by atoms with Gasteiger partial charge in [0.1, 0.15) is 5.82 Å². The van der Waals surface area contributed by atoms with E-state index in [4.69, 9.17) is 11.6 Å². The SMILES string of the molecule is CC(C)c1cc(F)cc(CCc2cn[nH]n2)c1Cl. The highest BCUT2D eigenvalue weighted by molar-refractivity contribution is 6.32. The molecule has 1 N–H and O–H groups in total. The van der Waals surface area contributed by atoms with Gasteiger partial charge in [-0.3, -0.25) is 0 Å². The zero-order valence-electron chi connectivity index (χ0n) is 10.4. The summed E-state index contributed by atoms with van der Waals surface area (Å²) in [7, 11) is 0. The molecular formula is C13H15ClFN3. The number of H-pyrrole nitrogens is 1. The zero-order valence-corrected chi connectivity index (χ0v) is 11.1. The molecular weight excluding hydrogens is 253 g/mol. The van der Waals surface area contributed by atoms with Gasteiger partial charge in [0, 0.05) is 5.02 Å². The molecule has 0 radical (unpaired) electrons. The van der Waals surface area contributed by atoms with Gasteiger partial charge >= 0.3 is 0 Å². The fourth-order valence-corrected chi connectivity index (χ4v) is 2.30. The van der Waals surface area contributed by atoms with Gasteiger partial charge in [0.05, 0.1) is 11.9 Å². The second-order valence-corrected chi connectivity index (χ2v) is 4.96. The van der Waals surface area contributed by atoms with E-state index >= 15 is 0 Å². The van der Waals surface area contributed by atoms with Crippen molar-refractivity contribution in [1.82, 2.24) is 15.4 Å². The summed E-state index contributed by atoms with van der Waals surface area (Å²) in [6.45, 7) is 4.00. The summed E-state index contributed by atoms with van der Waals surface area (Å²) in [4.78, 5) is 0. The van der Waals surface area contributed by atoms with Gasteiger partial charge in [-0.25, -0.2) is 4.39 Å². The lowest BCUT2D eigenvalue weighted by molar-refractivity contribution is 0.620. The topological polar surface area (TPSA) is 41.6 Å². The summed E-state index contributed by atoms with van der Waals surface area (Å²) < 4.78 is 13.5. The fraction of sp³-hybridized carbons (Fsp3) is 0.385. The highest BCUT2D eigenvalue weighted by atomic mass is 35.5. The summed E-state index contributed by atoms with van der Waals surface area (Å²) in [5.41, 5.74) is 2.52. The maximum Gasteiger partial charge on any atom is 0.123 e. The number of halogens is 2. The van der Waals surface area contributed by atoms with Crippen LogP contribution >= 0.6 is 11.6 Å². The second-order valence-electron chi connectivity index (χ2n) is 4.58. The van der Waals surface area contributed by atoms with Crippen LogP contribution in [0.2, 0.25) is 5.02 Å². The molecule has 0 aliphatic rings. The van der Waals surface area contributed by atoms with Crippen molar-refractivity contribution in [2.24, 2.45) is 0 Å². The summed E-state index contributed by atoms with van der Waals surface area (Å²) in [5, 5.41) is 10.9. The number of hydrogen-bond donors (Lipinski definition) is 1. The van der Waals surface area contributed by atoms with Crippen LogP contribution in [0.25, 0.3) is 0 Å². The van der Waals surface area contributed by atoms with Gasteiger partial charge < -0.3 is 0 Å². The molecule has 0 amide bonds. The number of aromatic nitrogens is 3. The molecule has 0 aliphatic heterocycles. The molecule has 96 valence electrons. The van der Waals surface area contributed by atoms with Crippen molar-refractivity contribution in [3.05, 3.63) is 46.0 Å². The molecule has 0 saturated heterocycles. The van der Waals surface area contributed by atoms with E-state index in [1.54, 1.807) is 6.20 Å². The third-order valence-corrected chi connectivity index (χ3v) is 3.34. The first-order chi connectivity index (χ1) is 8.58. The monoisotopic (exact) mass is 267 g/mol. The predicted molar refractivity (Wildman–Crippen MR) is 69.3 cm³/mol. The largest absolute Gasteiger partial charge is 0.207 e. The van der Waals surface area contributed by atoms with Crippen molar-refractivity contribution < 1.29 is 4.39 Å². The van der Waals surface area contributed by atoms with Gasteiger partial charge in [0.25, 0.3) is 0 Å². The quantitative estimate of drug-likeness (QED) is 0.921. The Kier molecular flexibility index (Phi) is 3.97. The van der Waals surface area contributed by atoms with Crippen molar-refractivity contribution >= 4 is 11.6 Å². The first-order valence-corrected chi connectivity index (χ1v) is 6.28. The van der Waals surface area contributed by atoms with Gasteiger partial charge in [-0.2, -0.15) is 15.4 Å². The molecule has 18 heavy (non-hydrogen) atoms. The lowest BCUT2D eigenvalue weighted by atomic mass is 9.98. The van der Waals surface area contributed by atoms with Crippen LogP contribution in [0.3, 0.4) is 0 Å². The van der Waals surface area contributed by atoms with Crippen LogP contribution in [0.4, 0.5) is 4.39 Å². The van der Waals surface area contributed by atoms with Crippen molar-refractivity contribution in [1.29, 1.82) is 0 Å². The van der Waals surface area contributed by atoms with Gasteiger partial charge in [-0.15, -0.1) is 0 Å². The minimum absolute atomic E-state index is 0.207. The number of rotatable bonds is 4. The molecule has 0 unspecified atom stereocenters. The van der Waals surface area contributed by atoms with Crippen LogP contribution in [0.15, 0.2) is 18.3 Å². The molecule has 0 bridgehead atoms. The zero-order chi connectivity index (χ0) is 13.1. The van der Waals surface area contributed by atoms with Crippen LogP contribution in [-0.4, -0.2) is 15.4 Å². The Morgan fingerprint density at radius 3 is 2.72 bits per heavy atom. The van der Waals surface area contributed by atoms with E-state index in [2.05, 4.69) is 15.4 Å². The first kappa shape index (κ1) is 13.0. The molecule has 3 nitrogen and oxygen atoms in total. The van der Waals surface area contributed by atoms with E-state index in [9.17, 15) is 4.39 Å². The molecule has 1 heterocycles. The third kappa shape index (κ3) is 2.88. The Bertz CT molecular complexity index is 523. The molecule has 5 heteroatoms. The van der Waals surface area contributed by atoms with E-state index in [1.807, 2.05) is 13.8 Å². The highest BCUT2D eigenvalue weighted by Crippen LogP contribution is 2.29. The number of nitrogens with zero attached hydrogens (tertiary/aromatic N) is 2.